The van der Waals surface area contributed by atoms with Crippen LogP contribution in [0.25, 0.3) is 17.1 Å². The smallest absolute Gasteiger partial charge is 0.330 e. The van der Waals surface area contributed by atoms with Crippen LogP contribution in [-0.4, -0.2) is 17.6 Å². The van der Waals surface area contributed by atoms with Gasteiger partial charge in [-0.25, -0.2) is 14.3 Å². The number of carbonyl (C=O) groups excluding carboxylic acids is 1. The van der Waals surface area contributed by atoms with Gasteiger partial charge >= 0.3 is 5.97 Å². The minimum absolute atomic E-state index is 0.227. The molecule has 0 aliphatic heterocycles. The van der Waals surface area contributed by atoms with Crippen molar-refractivity contribution in [1.82, 2.24) is 4.98 Å². The number of esters is 1. The maximum atomic E-state index is 11.4. The molecule has 0 bridgehead atoms. The highest BCUT2D eigenvalue weighted by Crippen LogP contribution is 2.37. The van der Waals surface area contributed by atoms with Crippen LogP contribution in [0.5, 0.6) is 0 Å². The van der Waals surface area contributed by atoms with Gasteiger partial charge in [0, 0.05) is 6.08 Å². The molecule has 0 radical (unpaired) electrons. The number of nitrogens with two attached hydrogens (primary N) is 1. The Hall–Kier alpha value is -2.14. The van der Waals surface area contributed by atoms with E-state index in [-0.39, 0.29) is 11.5 Å². The van der Waals surface area contributed by atoms with Crippen molar-refractivity contribution in [2.75, 3.05) is 6.61 Å². The van der Waals surface area contributed by atoms with Crippen LogP contribution >= 0.6 is 0 Å². The van der Waals surface area contributed by atoms with E-state index in [4.69, 9.17) is 10.5 Å². The molecule has 1 aromatic heterocycles. The molecule has 0 spiro atoms. The zero-order chi connectivity index (χ0) is 15.7. The molecule has 1 fully saturated rings. The number of aromatic amines is 1. The predicted molar refractivity (Wildman–Crippen MR) is 84.9 cm³/mol. The highest BCUT2D eigenvalue weighted by molar-refractivity contribution is 5.88. The van der Waals surface area contributed by atoms with Gasteiger partial charge in [-0.15, -0.1) is 0 Å². The third-order valence-corrected chi connectivity index (χ3v) is 4.39. The van der Waals surface area contributed by atoms with Crippen LogP contribution in [0.3, 0.4) is 0 Å². The fourth-order valence-electron chi connectivity index (χ4n) is 2.99. The maximum Gasteiger partial charge on any atom is 0.330 e. The van der Waals surface area contributed by atoms with E-state index >= 15 is 0 Å². The highest BCUT2D eigenvalue weighted by atomic mass is 16.5. The average Bonchev–Trinajstić information content (AvgIpc) is 2.80. The minimum atomic E-state index is -0.323. The lowest BCUT2D eigenvalue weighted by Gasteiger charge is -2.33. The van der Waals surface area contributed by atoms with Gasteiger partial charge in [0.05, 0.1) is 13.7 Å². The molecule has 0 saturated heterocycles. The minimum Gasteiger partial charge on any atom is -0.463 e. The lowest BCUT2D eigenvalue weighted by atomic mass is 9.77. The van der Waals surface area contributed by atoms with E-state index in [1.165, 1.54) is 12.5 Å². The third-order valence-electron chi connectivity index (χ3n) is 4.39. The van der Waals surface area contributed by atoms with E-state index in [0.717, 1.165) is 35.3 Å². The number of H-pyrrole nitrogens is 1. The van der Waals surface area contributed by atoms with E-state index in [1.807, 2.05) is 25.2 Å². The van der Waals surface area contributed by atoms with Gasteiger partial charge < -0.3 is 10.5 Å². The standard InChI is InChI=1S/C17H21N3O2/c1-3-22-15(21)8-6-12-5-7-14-13(11-12)19-16(20(14)2)17(18)9-4-10-17/h5-8,11H,3-4,9-10,18H2,1-2H3/p+1. The Morgan fingerprint density at radius 3 is 2.91 bits per heavy atom. The molecule has 3 N–H and O–H groups in total. The number of aromatic nitrogens is 2. The first-order valence-electron chi connectivity index (χ1n) is 7.69. The van der Waals surface area contributed by atoms with Crippen molar-refractivity contribution in [2.24, 2.45) is 12.8 Å². The zero-order valence-electron chi connectivity index (χ0n) is 13.1. The summed E-state index contributed by atoms with van der Waals surface area (Å²) in [4.78, 5) is 14.8. The van der Waals surface area contributed by atoms with E-state index in [9.17, 15) is 4.79 Å². The number of aryl methyl sites for hydroxylation is 1. The second-order valence-corrected chi connectivity index (χ2v) is 5.90. The summed E-state index contributed by atoms with van der Waals surface area (Å²) < 4.78 is 7.02. The number of fused-ring (bicyclic) bond motifs is 1. The summed E-state index contributed by atoms with van der Waals surface area (Å²) in [6, 6.07) is 6.05. The van der Waals surface area contributed by atoms with Crippen LogP contribution in [0.4, 0.5) is 0 Å². The van der Waals surface area contributed by atoms with Crippen molar-refractivity contribution in [3.63, 3.8) is 0 Å². The predicted octanol–water partition coefficient (Wildman–Crippen LogP) is 1.91. The van der Waals surface area contributed by atoms with Gasteiger partial charge in [0.25, 0.3) is 5.82 Å². The maximum absolute atomic E-state index is 11.4. The van der Waals surface area contributed by atoms with Gasteiger partial charge in [0.1, 0.15) is 5.54 Å². The van der Waals surface area contributed by atoms with Gasteiger partial charge in [-0.3, -0.25) is 0 Å². The Bertz CT molecular complexity index is 742. The van der Waals surface area contributed by atoms with Crippen LogP contribution in [0.1, 0.15) is 37.6 Å². The first kappa shape index (κ1) is 14.8. The Balaban J connectivity index is 1.92. The molecule has 1 saturated carbocycles. The number of ether oxygens (including phenoxy) is 1. The number of nitrogens with one attached hydrogen (secondary N) is 1. The van der Waals surface area contributed by atoms with Crippen molar-refractivity contribution in [2.45, 2.75) is 31.7 Å². The molecular formula is C17H22N3O2+. The molecule has 1 aliphatic carbocycles. The van der Waals surface area contributed by atoms with Crippen LogP contribution in [0.15, 0.2) is 24.3 Å². The fraction of sp³-hybridized carbons (Fsp3) is 0.412. The molecule has 1 aliphatic rings. The number of imidazole rings is 1. The first-order valence-corrected chi connectivity index (χ1v) is 7.69. The molecule has 5 nitrogen and oxygen atoms in total. The van der Waals surface area contributed by atoms with Crippen molar-refractivity contribution in [3.8, 4) is 0 Å². The van der Waals surface area contributed by atoms with Gasteiger partial charge in [-0.2, -0.15) is 0 Å². The van der Waals surface area contributed by atoms with E-state index in [1.54, 1.807) is 13.0 Å². The second kappa shape index (κ2) is 5.57. The van der Waals surface area contributed by atoms with Crippen LogP contribution in [-0.2, 0) is 22.1 Å². The van der Waals surface area contributed by atoms with E-state index < -0.39 is 0 Å². The lowest BCUT2D eigenvalue weighted by Crippen LogP contribution is -2.52. The Morgan fingerprint density at radius 1 is 1.50 bits per heavy atom. The molecule has 116 valence electrons. The molecule has 22 heavy (non-hydrogen) atoms. The zero-order valence-corrected chi connectivity index (χ0v) is 13.1. The fourth-order valence-corrected chi connectivity index (χ4v) is 2.99. The third kappa shape index (κ3) is 2.52. The van der Waals surface area contributed by atoms with Crippen molar-refractivity contribution in [1.29, 1.82) is 0 Å². The van der Waals surface area contributed by atoms with Crippen LogP contribution < -0.4 is 10.3 Å². The summed E-state index contributed by atoms with van der Waals surface area (Å²) >= 11 is 0. The molecule has 1 aromatic carbocycles. The van der Waals surface area contributed by atoms with E-state index in [2.05, 4.69) is 9.55 Å². The Labute approximate surface area is 129 Å². The number of rotatable bonds is 4. The summed E-state index contributed by atoms with van der Waals surface area (Å²) in [5, 5.41) is 0. The van der Waals surface area contributed by atoms with Gasteiger partial charge in [0.15, 0.2) is 11.0 Å². The topological polar surface area (TPSA) is 72.0 Å². The van der Waals surface area contributed by atoms with Crippen molar-refractivity contribution < 1.29 is 14.1 Å². The van der Waals surface area contributed by atoms with Crippen molar-refractivity contribution in [3.05, 3.63) is 35.7 Å². The van der Waals surface area contributed by atoms with Crippen LogP contribution in [0, 0.1) is 0 Å². The molecule has 3 rings (SSSR count). The summed E-state index contributed by atoms with van der Waals surface area (Å²) in [6.07, 6.45) is 6.43. The van der Waals surface area contributed by atoms with E-state index in [0.29, 0.717) is 6.61 Å². The SMILES string of the molecule is CCOC(=O)C=Cc1ccc2c(c1)[nH]c(C1(N)CCC1)[n+]2C. The molecule has 2 aromatic rings. The Morgan fingerprint density at radius 2 is 2.27 bits per heavy atom. The lowest BCUT2D eigenvalue weighted by molar-refractivity contribution is -0.658. The van der Waals surface area contributed by atoms with Crippen LogP contribution in [0.2, 0.25) is 0 Å². The highest BCUT2D eigenvalue weighted by Gasteiger charge is 2.43. The number of carbonyl (C=O) groups is 1. The average molecular weight is 300 g/mol. The molecule has 5 heteroatoms. The quantitative estimate of drug-likeness (QED) is 0.515. The molecule has 0 atom stereocenters. The number of nitrogens with zero attached hydrogens (tertiary/aromatic N) is 1. The Kier molecular flexibility index (Phi) is 3.74. The largest absolute Gasteiger partial charge is 0.463 e. The first-order chi connectivity index (χ1) is 10.5. The normalized spacial score (nSPS) is 16.9. The van der Waals surface area contributed by atoms with Gasteiger partial charge in [-0.05, 0) is 50.0 Å². The molecule has 0 amide bonds. The number of hydrogen-bond donors (Lipinski definition) is 2. The molecule has 0 unspecified atom stereocenters. The van der Waals surface area contributed by atoms with Gasteiger partial charge in [0.2, 0.25) is 0 Å². The van der Waals surface area contributed by atoms with Gasteiger partial charge in [-0.1, -0.05) is 6.07 Å². The summed E-state index contributed by atoms with van der Waals surface area (Å²) in [7, 11) is 2.04. The summed E-state index contributed by atoms with van der Waals surface area (Å²) in [5.74, 6) is 0.746. The second-order valence-electron chi connectivity index (χ2n) is 5.90. The monoisotopic (exact) mass is 300 g/mol. The summed E-state index contributed by atoms with van der Waals surface area (Å²) in [6.45, 7) is 2.18. The van der Waals surface area contributed by atoms with Crippen molar-refractivity contribution >= 4 is 23.1 Å². The summed E-state index contributed by atoms with van der Waals surface area (Å²) in [5.41, 5.74) is 9.30. The number of hydrogen-bond acceptors (Lipinski definition) is 3. The molecule has 1 heterocycles. The number of benzene rings is 1. The molecular weight excluding hydrogens is 278 g/mol.